The van der Waals surface area contributed by atoms with E-state index in [1.165, 1.54) is 17.0 Å². The topological polar surface area (TPSA) is 84.0 Å². The Kier molecular flexibility index (Phi) is 4.88. The normalized spacial score (nSPS) is 12.5. The minimum absolute atomic E-state index is 0.159. The number of hydrogen-bond acceptors (Lipinski definition) is 6. The summed E-state index contributed by atoms with van der Waals surface area (Å²) in [5.41, 5.74) is 4.04. The molecule has 0 radical (unpaired) electrons. The molecule has 2 aromatic carbocycles. The molecule has 0 atom stereocenters. The van der Waals surface area contributed by atoms with Crippen LogP contribution in [0.4, 0.5) is 5.13 Å². The molecule has 2 aromatic heterocycles. The van der Waals surface area contributed by atoms with Gasteiger partial charge in [-0.2, -0.15) is 10.4 Å². The second-order valence-corrected chi connectivity index (χ2v) is 8.36. The number of carbonyl (C=O) groups is 1. The van der Waals surface area contributed by atoms with Gasteiger partial charge in [-0.1, -0.05) is 11.3 Å². The number of aromatic nitrogens is 3. The minimum Gasteiger partial charge on any atom is -0.497 e. The van der Waals surface area contributed by atoms with E-state index in [9.17, 15) is 4.79 Å². The van der Waals surface area contributed by atoms with Gasteiger partial charge in [0.2, 0.25) is 0 Å². The van der Waals surface area contributed by atoms with Gasteiger partial charge in [-0.05, 0) is 49.2 Å². The quantitative estimate of drug-likeness (QED) is 0.475. The fraction of sp³-hybridized carbons (Fsp3) is 0.217. The number of aryl methyl sites for hydroxylation is 1. The summed E-state index contributed by atoms with van der Waals surface area (Å²) in [4.78, 5) is 20.0. The number of fused-ring (bicyclic) bond motifs is 2. The van der Waals surface area contributed by atoms with Crippen molar-refractivity contribution < 1.29 is 9.53 Å². The summed E-state index contributed by atoms with van der Waals surface area (Å²) in [6.07, 6.45) is 3.88. The van der Waals surface area contributed by atoms with Crippen LogP contribution in [0, 0.1) is 11.3 Å². The highest BCUT2D eigenvalue weighted by Gasteiger charge is 2.25. The summed E-state index contributed by atoms with van der Waals surface area (Å²) in [5, 5.41) is 14.2. The van der Waals surface area contributed by atoms with Gasteiger partial charge in [0, 0.05) is 29.4 Å². The second kappa shape index (κ2) is 7.85. The first kappa shape index (κ1) is 19.3. The van der Waals surface area contributed by atoms with Crippen LogP contribution in [0.2, 0.25) is 0 Å². The molecule has 4 aromatic rings. The Morgan fingerprint density at radius 2 is 2.13 bits per heavy atom. The summed E-state index contributed by atoms with van der Waals surface area (Å²) < 4.78 is 8.31. The van der Waals surface area contributed by atoms with Crippen molar-refractivity contribution in [2.75, 3.05) is 12.0 Å². The summed E-state index contributed by atoms with van der Waals surface area (Å²) in [7, 11) is 1.62. The summed E-state index contributed by atoms with van der Waals surface area (Å²) >= 11 is 1.47. The monoisotopic (exact) mass is 429 g/mol. The molecule has 8 heteroatoms. The molecule has 31 heavy (non-hydrogen) atoms. The van der Waals surface area contributed by atoms with Crippen LogP contribution in [-0.2, 0) is 19.5 Å². The molecule has 1 aliphatic heterocycles. The number of nitrogens with zero attached hydrogens (tertiary/aromatic N) is 5. The molecule has 154 valence electrons. The lowest BCUT2D eigenvalue weighted by molar-refractivity contribution is 0.0985. The third-order valence-electron chi connectivity index (χ3n) is 5.47. The molecule has 0 bridgehead atoms. The number of amides is 1. The SMILES string of the molecule is COc1ccc2sc(N(Cc3cnn4c3CCC4)C(=O)c3ccc(C#N)cc3)nc2c1. The molecule has 0 aliphatic carbocycles. The maximum Gasteiger partial charge on any atom is 0.260 e. The van der Waals surface area contributed by atoms with Crippen molar-refractivity contribution in [3.05, 3.63) is 71.0 Å². The molecule has 3 heterocycles. The van der Waals surface area contributed by atoms with Crippen LogP contribution in [0.1, 0.15) is 33.6 Å². The van der Waals surface area contributed by atoms with Crippen LogP contribution in [0.5, 0.6) is 5.75 Å². The van der Waals surface area contributed by atoms with Crippen LogP contribution < -0.4 is 9.64 Å². The number of anilines is 1. The van der Waals surface area contributed by atoms with Crippen molar-refractivity contribution in [1.29, 1.82) is 5.26 Å². The van der Waals surface area contributed by atoms with Crippen LogP contribution in [0.3, 0.4) is 0 Å². The van der Waals surface area contributed by atoms with Crippen molar-refractivity contribution >= 4 is 32.6 Å². The van der Waals surface area contributed by atoms with E-state index >= 15 is 0 Å². The summed E-state index contributed by atoms with van der Waals surface area (Å²) in [5.74, 6) is 0.567. The van der Waals surface area contributed by atoms with Crippen LogP contribution in [0.15, 0.2) is 48.7 Å². The zero-order valence-corrected chi connectivity index (χ0v) is 17.7. The number of benzene rings is 2. The molecule has 0 fully saturated rings. The number of rotatable bonds is 5. The van der Waals surface area contributed by atoms with E-state index in [0.717, 1.165) is 40.9 Å². The Morgan fingerprint density at radius 1 is 1.29 bits per heavy atom. The van der Waals surface area contributed by atoms with Gasteiger partial charge in [-0.3, -0.25) is 14.4 Å². The highest BCUT2D eigenvalue weighted by Crippen LogP contribution is 2.33. The Hall–Kier alpha value is -3.70. The smallest absolute Gasteiger partial charge is 0.260 e. The standard InChI is InChI=1S/C23H19N5O2S/c1-30-18-8-9-21-19(11-18)26-23(31-21)27(14-17-13-25-28-10-2-3-20(17)28)22(29)16-6-4-15(12-24)5-7-16/h4-9,11,13H,2-3,10,14H2,1H3. The molecule has 0 spiro atoms. The van der Waals surface area contributed by atoms with Crippen molar-refractivity contribution in [2.45, 2.75) is 25.9 Å². The average Bonchev–Trinajstić information content (AvgIpc) is 3.52. The number of carbonyl (C=O) groups excluding carboxylic acids is 1. The summed E-state index contributed by atoms with van der Waals surface area (Å²) in [6, 6.07) is 14.5. The Morgan fingerprint density at radius 3 is 2.90 bits per heavy atom. The minimum atomic E-state index is -0.159. The van der Waals surface area contributed by atoms with Gasteiger partial charge in [0.15, 0.2) is 5.13 Å². The van der Waals surface area contributed by atoms with Gasteiger partial charge >= 0.3 is 0 Å². The fourth-order valence-corrected chi connectivity index (χ4v) is 4.78. The van der Waals surface area contributed by atoms with Crippen LogP contribution in [0.25, 0.3) is 10.2 Å². The van der Waals surface area contributed by atoms with Crippen molar-refractivity contribution in [3.8, 4) is 11.8 Å². The van der Waals surface area contributed by atoms with Crippen molar-refractivity contribution in [1.82, 2.24) is 14.8 Å². The van der Waals surface area contributed by atoms with E-state index in [-0.39, 0.29) is 5.91 Å². The Bertz CT molecular complexity index is 1320. The number of methoxy groups -OCH3 is 1. The molecule has 0 N–H and O–H groups in total. The predicted molar refractivity (Wildman–Crippen MR) is 118 cm³/mol. The lowest BCUT2D eigenvalue weighted by atomic mass is 10.1. The molecule has 5 rings (SSSR count). The number of hydrogen-bond donors (Lipinski definition) is 0. The van der Waals surface area contributed by atoms with E-state index in [1.807, 2.05) is 29.1 Å². The van der Waals surface area contributed by atoms with E-state index in [0.29, 0.717) is 22.8 Å². The fourth-order valence-electron chi connectivity index (χ4n) is 3.84. The maximum absolute atomic E-state index is 13.5. The molecule has 0 unspecified atom stereocenters. The number of ether oxygens (including phenoxy) is 1. The first-order valence-electron chi connectivity index (χ1n) is 9.96. The Labute approximate surface area is 183 Å². The molecule has 0 saturated carbocycles. The molecule has 1 aliphatic rings. The Balaban J connectivity index is 1.56. The van der Waals surface area contributed by atoms with Gasteiger partial charge in [0.1, 0.15) is 5.75 Å². The van der Waals surface area contributed by atoms with E-state index in [2.05, 4.69) is 11.2 Å². The second-order valence-electron chi connectivity index (χ2n) is 7.35. The third kappa shape index (κ3) is 3.53. The number of nitriles is 1. The molecule has 1 amide bonds. The van der Waals surface area contributed by atoms with Gasteiger partial charge in [-0.15, -0.1) is 0 Å². The number of thiazole rings is 1. The zero-order chi connectivity index (χ0) is 21.4. The predicted octanol–water partition coefficient (Wildman–Crippen LogP) is 4.17. The average molecular weight is 430 g/mol. The molecule has 7 nitrogen and oxygen atoms in total. The first-order valence-corrected chi connectivity index (χ1v) is 10.8. The van der Waals surface area contributed by atoms with Gasteiger partial charge in [0.05, 0.1) is 41.7 Å². The third-order valence-corrected chi connectivity index (χ3v) is 6.53. The molecular weight excluding hydrogens is 410 g/mol. The summed E-state index contributed by atoms with van der Waals surface area (Å²) in [6.45, 7) is 1.31. The van der Waals surface area contributed by atoms with Crippen molar-refractivity contribution in [3.63, 3.8) is 0 Å². The highest BCUT2D eigenvalue weighted by atomic mass is 32.1. The van der Waals surface area contributed by atoms with Gasteiger partial charge in [-0.25, -0.2) is 4.98 Å². The molecular formula is C23H19N5O2S. The van der Waals surface area contributed by atoms with Crippen LogP contribution >= 0.6 is 11.3 Å². The molecule has 0 saturated heterocycles. The van der Waals surface area contributed by atoms with Crippen molar-refractivity contribution in [2.24, 2.45) is 0 Å². The van der Waals surface area contributed by atoms with Gasteiger partial charge in [0.25, 0.3) is 5.91 Å². The largest absolute Gasteiger partial charge is 0.497 e. The highest BCUT2D eigenvalue weighted by molar-refractivity contribution is 7.22. The lowest BCUT2D eigenvalue weighted by Gasteiger charge is -2.20. The van der Waals surface area contributed by atoms with E-state index < -0.39 is 0 Å². The van der Waals surface area contributed by atoms with Crippen LogP contribution in [-0.4, -0.2) is 27.8 Å². The lowest BCUT2D eigenvalue weighted by Crippen LogP contribution is -2.30. The van der Waals surface area contributed by atoms with Gasteiger partial charge < -0.3 is 4.74 Å². The first-order chi connectivity index (χ1) is 15.2. The maximum atomic E-state index is 13.5. The van der Waals surface area contributed by atoms with E-state index in [4.69, 9.17) is 15.0 Å². The van der Waals surface area contributed by atoms with E-state index in [1.54, 1.807) is 36.3 Å². The zero-order valence-electron chi connectivity index (χ0n) is 16.9.